The first-order valence-corrected chi connectivity index (χ1v) is 7.98. The Balaban J connectivity index is 2.03. The Hall–Kier alpha value is -2.11. The van der Waals surface area contributed by atoms with Crippen molar-refractivity contribution in [3.05, 3.63) is 59.4 Å². The van der Waals surface area contributed by atoms with Crippen molar-refractivity contribution in [2.45, 2.75) is 13.2 Å². The molecule has 2 aromatic rings. The molecular formula is C19H25FN2O2. The van der Waals surface area contributed by atoms with Crippen LogP contribution in [0.2, 0.25) is 0 Å². The average Bonchev–Trinajstić information content (AvgIpc) is 2.58. The van der Waals surface area contributed by atoms with E-state index in [1.807, 2.05) is 32.3 Å². The number of benzene rings is 2. The molecule has 0 saturated carbocycles. The summed E-state index contributed by atoms with van der Waals surface area (Å²) in [5, 5.41) is 3.40. The minimum Gasteiger partial charge on any atom is -0.493 e. The van der Waals surface area contributed by atoms with Gasteiger partial charge in [0.2, 0.25) is 0 Å². The Bertz CT molecular complexity index is 630. The van der Waals surface area contributed by atoms with Crippen molar-refractivity contribution >= 4 is 0 Å². The SMILES string of the molecule is COc1cccc(CNCCN(C)C)c1OCc1ccc(F)cc1. The fourth-order valence-corrected chi connectivity index (χ4v) is 2.29. The molecule has 4 nitrogen and oxygen atoms in total. The molecule has 0 spiro atoms. The summed E-state index contributed by atoms with van der Waals surface area (Å²) in [6.45, 7) is 2.92. The molecular weight excluding hydrogens is 307 g/mol. The molecule has 130 valence electrons. The van der Waals surface area contributed by atoms with Crippen LogP contribution in [0.15, 0.2) is 42.5 Å². The van der Waals surface area contributed by atoms with Gasteiger partial charge in [-0.1, -0.05) is 24.3 Å². The number of para-hydroxylation sites is 1. The molecule has 5 heteroatoms. The lowest BCUT2D eigenvalue weighted by Gasteiger charge is -2.16. The maximum absolute atomic E-state index is 13.0. The molecule has 0 bridgehead atoms. The lowest BCUT2D eigenvalue weighted by Crippen LogP contribution is -2.26. The van der Waals surface area contributed by atoms with E-state index in [-0.39, 0.29) is 5.82 Å². The maximum atomic E-state index is 13.0. The number of nitrogens with one attached hydrogen (secondary N) is 1. The van der Waals surface area contributed by atoms with Crippen LogP contribution in [0.1, 0.15) is 11.1 Å². The first kappa shape index (κ1) is 18.2. The molecule has 1 N–H and O–H groups in total. The van der Waals surface area contributed by atoms with Crippen LogP contribution in [0, 0.1) is 5.82 Å². The van der Waals surface area contributed by atoms with Crippen molar-refractivity contribution in [1.82, 2.24) is 10.2 Å². The summed E-state index contributed by atoms with van der Waals surface area (Å²) in [6.07, 6.45) is 0. The zero-order chi connectivity index (χ0) is 17.4. The van der Waals surface area contributed by atoms with Gasteiger partial charge in [-0.3, -0.25) is 0 Å². The van der Waals surface area contributed by atoms with Gasteiger partial charge in [0, 0.05) is 25.2 Å². The Morgan fingerprint density at radius 2 is 1.83 bits per heavy atom. The average molecular weight is 332 g/mol. The summed E-state index contributed by atoms with van der Waals surface area (Å²) in [4.78, 5) is 2.13. The second-order valence-corrected chi connectivity index (χ2v) is 5.84. The molecule has 0 aliphatic heterocycles. The number of halogens is 1. The van der Waals surface area contributed by atoms with Crippen LogP contribution in [0.4, 0.5) is 4.39 Å². The van der Waals surface area contributed by atoms with Crippen LogP contribution in [0.5, 0.6) is 11.5 Å². The molecule has 0 heterocycles. The van der Waals surface area contributed by atoms with Gasteiger partial charge in [0.25, 0.3) is 0 Å². The molecule has 0 aliphatic rings. The van der Waals surface area contributed by atoms with Crippen LogP contribution in [0.25, 0.3) is 0 Å². The van der Waals surface area contributed by atoms with Crippen LogP contribution in [-0.2, 0) is 13.2 Å². The summed E-state index contributed by atoms with van der Waals surface area (Å²) in [6, 6.07) is 12.2. The zero-order valence-electron chi connectivity index (χ0n) is 14.5. The monoisotopic (exact) mass is 332 g/mol. The highest BCUT2D eigenvalue weighted by atomic mass is 19.1. The highest BCUT2D eigenvalue weighted by Gasteiger charge is 2.11. The predicted octanol–water partition coefficient (Wildman–Crippen LogP) is 3.06. The Kier molecular flexibility index (Phi) is 7.03. The first-order chi connectivity index (χ1) is 11.6. The fraction of sp³-hybridized carbons (Fsp3) is 0.368. The molecule has 0 aromatic heterocycles. The second-order valence-electron chi connectivity index (χ2n) is 5.84. The van der Waals surface area contributed by atoms with Gasteiger partial charge < -0.3 is 19.7 Å². The predicted molar refractivity (Wildman–Crippen MR) is 94.0 cm³/mol. The summed E-state index contributed by atoms with van der Waals surface area (Å²) < 4.78 is 24.4. The van der Waals surface area contributed by atoms with Crippen molar-refractivity contribution < 1.29 is 13.9 Å². The normalized spacial score (nSPS) is 10.9. The van der Waals surface area contributed by atoms with E-state index in [0.717, 1.165) is 30.0 Å². The molecule has 0 unspecified atom stereocenters. The van der Waals surface area contributed by atoms with Crippen LogP contribution >= 0.6 is 0 Å². The lowest BCUT2D eigenvalue weighted by atomic mass is 10.1. The third-order valence-corrected chi connectivity index (χ3v) is 3.63. The molecule has 0 atom stereocenters. The third-order valence-electron chi connectivity index (χ3n) is 3.63. The summed E-state index contributed by atoms with van der Waals surface area (Å²) in [7, 11) is 5.72. The van der Waals surface area contributed by atoms with E-state index < -0.39 is 0 Å². The number of ether oxygens (including phenoxy) is 2. The minimum absolute atomic E-state index is 0.248. The maximum Gasteiger partial charge on any atom is 0.166 e. The first-order valence-electron chi connectivity index (χ1n) is 7.98. The molecule has 0 fully saturated rings. The van der Waals surface area contributed by atoms with E-state index in [9.17, 15) is 4.39 Å². The second kappa shape index (κ2) is 9.25. The minimum atomic E-state index is -0.248. The quantitative estimate of drug-likeness (QED) is 0.716. The number of rotatable bonds is 9. The molecule has 24 heavy (non-hydrogen) atoms. The highest BCUT2D eigenvalue weighted by Crippen LogP contribution is 2.31. The van der Waals surface area contributed by atoms with Crippen molar-refractivity contribution in [1.29, 1.82) is 0 Å². The number of hydrogen-bond acceptors (Lipinski definition) is 4. The number of methoxy groups -OCH3 is 1. The zero-order valence-corrected chi connectivity index (χ0v) is 14.5. The molecule has 2 rings (SSSR count). The van der Waals surface area contributed by atoms with E-state index in [4.69, 9.17) is 9.47 Å². The van der Waals surface area contributed by atoms with E-state index in [1.54, 1.807) is 19.2 Å². The largest absolute Gasteiger partial charge is 0.493 e. The fourth-order valence-electron chi connectivity index (χ4n) is 2.29. The number of hydrogen-bond donors (Lipinski definition) is 1. The van der Waals surface area contributed by atoms with E-state index in [0.29, 0.717) is 18.9 Å². The van der Waals surface area contributed by atoms with Gasteiger partial charge >= 0.3 is 0 Å². The Morgan fingerprint density at radius 1 is 1.08 bits per heavy atom. The van der Waals surface area contributed by atoms with E-state index >= 15 is 0 Å². The van der Waals surface area contributed by atoms with Gasteiger partial charge in [0.15, 0.2) is 11.5 Å². The number of nitrogens with zero attached hydrogens (tertiary/aromatic N) is 1. The lowest BCUT2D eigenvalue weighted by molar-refractivity contribution is 0.280. The van der Waals surface area contributed by atoms with Gasteiger partial charge in [-0.25, -0.2) is 4.39 Å². The summed E-state index contributed by atoms with van der Waals surface area (Å²) >= 11 is 0. The van der Waals surface area contributed by atoms with Gasteiger partial charge in [-0.05, 0) is 37.9 Å². The molecule has 0 radical (unpaired) electrons. The van der Waals surface area contributed by atoms with Gasteiger partial charge in [0.1, 0.15) is 12.4 Å². The van der Waals surface area contributed by atoms with Crippen molar-refractivity contribution in [3.63, 3.8) is 0 Å². The van der Waals surface area contributed by atoms with E-state index in [1.165, 1.54) is 12.1 Å². The third kappa shape index (κ3) is 5.51. The van der Waals surface area contributed by atoms with Crippen LogP contribution in [0.3, 0.4) is 0 Å². The summed E-state index contributed by atoms with van der Waals surface area (Å²) in [5.74, 6) is 1.17. The number of likely N-dealkylation sites (N-methyl/N-ethyl adjacent to an activating group) is 1. The smallest absolute Gasteiger partial charge is 0.166 e. The van der Waals surface area contributed by atoms with Crippen molar-refractivity contribution in [2.75, 3.05) is 34.3 Å². The molecule has 0 amide bonds. The Morgan fingerprint density at radius 3 is 2.50 bits per heavy atom. The standard InChI is InChI=1S/C19H25FN2O2/c1-22(2)12-11-21-13-16-5-4-6-18(23-3)19(16)24-14-15-7-9-17(20)10-8-15/h4-10,21H,11-14H2,1-3H3. The van der Waals surface area contributed by atoms with Gasteiger partial charge in [0.05, 0.1) is 7.11 Å². The van der Waals surface area contributed by atoms with Crippen molar-refractivity contribution in [2.24, 2.45) is 0 Å². The molecule has 0 saturated heterocycles. The van der Waals surface area contributed by atoms with Crippen LogP contribution in [-0.4, -0.2) is 39.2 Å². The highest BCUT2D eigenvalue weighted by molar-refractivity contribution is 5.46. The van der Waals surface area contributed by atoms with Crippen LogP contribution < -0.4 is 14.8 Å². The summed E-state index contributed by atoms with van der Waals surface area (Å²) in [5.41, 5.74) is 1.95. The van der Waals surface area contributed by atoms with Gasteiger partial charge in [-0.2, -0.15) is 0 Å². The van der Waals surface area contributed by atoms with E-state index in [2.05, 4.69) is 10.2 Å². The topological polar surface area (TPSA) is 33.7 Å². The Labute approximate surface area is 143 Å². The molecule has 0 aliphatic carbocycles. The van der Waals surface area contributed by atoms with Crippen molar-refractivity contribution in [3.8, 4) is 11.5 Å². The molecule has 2 aromatic carbocycles. The van der Waals surface area contributed by atoms with Gasteiger partial charge in [-0.15, -0.1) is 0 Å².